The quantitative estimate of drug-likeness (QED) is 0.839. The van der Waals surface area contributed by atoms with Gasteiger partial charge in [-0.1, -0.05) is 0 Å². The number of ether oxygens (including phenoxy) is 1. The summed E-state index contributed by atoms with van der Waals surface area (Å²) in [5.41, 5.74) is 1.11. The zero-order valence-corrected chi connectivity index (χ0v) is 9.94. The number of rotatable bonds is 4. The minimum atomic E-state index is 0.313. The van der Waals surface area contributed by atoms with E-state index >= 15 is 0 Å². The summed E-state index contributed by atoms with van der Waals surface area (Å²) in [6.07, 6.45) is 2.22. The van der Waals surface area contributed by atoms with Gasteiger partial charge in [-0.3, -0.25) is 0 Å². The van der Waals surface area contributed by atoms with Gasteiger partial charge in [0.2, 0.25) is 0 Å². The summed E-state index contributed by atoms with van der Waals surface area (Å²) in [6, 6.07) is 3.96. The molecule has 90 valence electrons. The van der Waals surface area contributed by atoms with E-state index in [4.69, 9.17) is 10.00 Å². The van der Waals surface area contributed by atoms with Crippen LogP contribution in [0.1, 0.15) is 24.2 Å². The summed E-state index contributed by atoms with van der Waals surface area (Å²) in [5.74, 6) is 0.690. The van der Waals surface area contributed by atoms with Crippen LogP contribution in [0.15, 0.2) is 6.07 Å². The molecule has 0 radical (unpaired) electrons. The fourth-order valence-electron chi connectivity index (χ4n) is 1.94. The van der Waals surface area contributed by atoms with E-state index in [1.807, 2.05) is 13.0 Å². The van der Waals surface area contributed by atoms with Crippen LogP contribution in [-0.4, -0.2) is 29.7 Å². The third-order valence-electron chi connectivity index (χ3n) is 2.87. The van der Waals surface area contributed by atoms with Gasteiger partial charge in [-0.05, 0) is 44.8 Å². The zero-order chi connectivity index (χ0) is 12.1. The first kappa shape index (κ1) is 11.8. The minimum Gasteiger partial charge on any atom is -0.463 e. The highest BCUT2D eigenvalue weighted by Crippen LogP contribution is 2.13. The first-order valence-electron chi connectivity index (χ1n) is 5.87. The molecule has 2 heterocycles. The maximum atomic E-state index is 8.78. The van der Waals surface area contributed by atoms with Crippen molar-refractivity contribution in [1.29, 1.82) is 5.26 Å². The van der Waals surface area contributed by atoms with Crippen molar-refractivity contribution in [2.75, 3.05) is 19.7 Å². The second-order valence-corrected chi connectivity index (χ2v) is 4.28. The highest BCUT2D eigenvalue weighted by Gasteiger charge is 2.14. The standard InChI is InChI=1S/C12H16N4O/c1-9-6-11(7-13)16-12(15-9)17-5-3-10-2-4-14-8-10/h6,10,14H,2-5,8H2,1H3. The van der Waals surface area contributed by atoms with Gasteiger partial charge >= 0.3 is 6.01 Å². The molecule has 1 unspecified atom stereocenters. The van der Waals surface area contributed by atoms with Gasteiger partial charge in [-0.15, -0.1) is 0 Å². The van der Waals surface area contributed by atoms with E-state index < -0.39 is 0 Å². The van der Waals surface area contributed by atoms with E-state index in [0.717, 1.165) is 25.2 Å². The average Bonchev–Trinajstić information content (AvgIpc) is 2.81. The zero-order valence-electron chi connectivity index (χ0n) is 9.94. The van der Waals surface area contributed by atoms with E-state index in [2.05, 4.69) is 15.3 Å². The largest absolute Gasteiger partial charge is 0.463 e. The Morgan fingerprint density at radius 3 is 3.18 bits per heavy atom. The fourth-order valence-corrected chi connectivity index (χ4v) is 1.94. The van der Waals surface area contributed by atoms with E-state index in [-0.39, 0.29) is 0 Å². The molecule has 5 nitrogen and oxygen atoms in total. The number of nitrogens with one attached hydrogen (secondary N) is 1. The molecule has 0 spiro atoms. The molecule has 1 fully saturated rings. The number of aryl methyl sites for hydroxylation is 1. The molecule has 1 saturated heterocycles. The maximum Gasteiger partial charge on any atom is 0.317 e. The Balaban J connectivity index is 1.85. The van der Waals surface area contributed by atoms with Gasteiger partial charge in [0.1, 0.15) is 11.8 Å². The predicted molar refractivity (Wildman–Crippen MR) is 62.6 cm³/mol. The van der Waals surface area contributed by atoms with Crippen molar-refractivity contribution in [3.05, 3.63) is 17.5 Å². The monoisotopic (exact) mass is 232 g/mol. The summed E-state index contributed by atoms with van der Waals surface area (Å²) in [7, 11) is 0. The highest BCUT2D eigenvalue weighted by molar-refractivity contribution is 5.23. The molecule has 0 saturated carbocycles. The van der Waals surface area contributed by atoms with Gasteiger partial charge in [0, 0.05) is 5.69 Å². The Morgan fingerprint density at radius 1 is 1.59 bits per heavy atom. The third kappa shape index (κ3) is 3.40. The van der Waals surface area contributed by atoms with Crippen molar-refractivity contribution in [3.8, 4) is 12.1 Å². The van der Waals surface area contributed by atoms with Crippen molar-refractivity contribution in [3.63, 3.8) is 0 Å². The van der Waals surface area contributed by atoms with Crippen LogP contribution in [0.4, 0.5) is 0 Å². The Kier molecular flexibility index (Phi) is 3.89. The first-order chi connectivity index (χ1) is 8.28. The van der Waals surface area contributed by atoms with E-state index in [9.17, 15) is 0 Å². The normalized spacial score (nSPS) is 18.9. The maximum absolute atomic E-state index is 8.78. The van der Waals surface area contributed by atoms with Crippen molar-refractivity contribution >= 4 is 0 Å². The summed E-state index contributed by atoms with van der Waals surface area (Å²) in [6.45, 7) is 4.61. The molecule has 2 rings (SSSR count). The van der Waals surface area contributed by atoms with Crippen LogP contribution < -0.4 is 10.1 Å². The summed E-state index contributed by atoms with van der Waals surface area (Å²) >= 11 is 0. The van der Waals surface area contributed by atoms with Gasteiger partial charge in [-0.2, -0.15) is 10.2 Å². The second-order valence-electron chi connectivity index (χ2n) is 4.28. The molecular weight excluding hydrogens is 216 g/mol. The van der Waals surface area contributed by atoms with Crippen molar-refractivity contribution < 1.29 is 4.74 Å². The number of nitrogens with zero attached hydrogens (tertiary/aromatic N) is 3. The molecule has 17 heavy (non-hydrogen) atoms. The fraction of sp³-hybridized carbons (Fsp3) is 0.583. The number of hydrogen-bond acceptors (Lipinski definition) is 5. The smallest absolute Gasteiger partial charge is 0.317 e. The average molecular weight is 232 g/mol. The number of hydrogen-bond donors (Lipinski definition) is 1. The van der Waals surface area contributed by atoms with Crippen LogP contribution in [0, 0.1) is 24.2 Å². The van der Waals surface area contributed by atoms with Gasteiger partial charge in [0.15, 0.2) is 0 Å². The molecule has 1 N–H and O–H groups in total. The van der Waals surface area contributed by atoms with Crippen LogP contribution in [-0.2, 0) is 0 Å². The highest BCUT2D eigenvalue weighted by atomic mass is 16.5. The molecule has 0 bridgehead atoms. The SMILES string of the molecule is Cc1cc(C#N)nc(OCCC2CCNC2)n1. The molecule has 5 heteroatoms. The molecule has 1 aliphatic heterocycles. The molecule has 1 aromatic heterocycles. The Hall–Kier alpha value is -1.67. The lowest BCUT2D eigenvalue weighted by molar-refractivity contribution is 0.263. The van der Waals surface area contributed by atoms with Gasteiger partial charge < -0.3 is 10.1 Å². The summed E-state index contributed by atoms with van der Waals surface area (Å²) in [5, 5.41) is 12.1. The van der Waals surface area contributed by atoms with Crippen molar-refractivity contribution in [1.82, 2.24) is 15.3 Å². The Morgan fingerprint density at radius 2 is 2.47 bits per heavy atom. The van der Waals surface area contributed by atoms with Crippen LogP contribution >= 0.6 is 0 Å². The van der Waals surface area contributed by atoms with Crippen molar-refractivity contribution in [2.45, 2.75) is 19.8 Å². The molecule has 1 aromatic rings. The summed E-state index contributed by atoms with van der Waals surface area (Å²) in [4.78, 5) is 8.15. The van der Waals surface area contributed by atoms with Gasteiger partial charge in [-0.25, -0.2) is 4.98 Å². The van der Waals surface area contributed by atoms with Crippen LogP contribution in [0.3, 0.4) is 0 Å². The Labute approximate surface area is 101 Å². The van der Waals surface area contributed by atoms with Crippen LogP contribution in [0.5, 0.6) is 6.01 Å². The minimum absolute atomic E-state index is 0.313. The van der Waals surface area contributed by atoms with Crippen molar-refractivity contribution in [2.24, 2.45) is 5.92 Å². The van der Waals surface area contributed by atoms with Gasteiger partial charge in [0.25, 0.3) is 0 Å². The predicted octanol–water partition coefficient (Wildman–Crippen LogP) is 1.04. The van der Waals surface area contributed by atoms with Crippen LogP contribution in [0.2, 0.25) is 0 Å². The lowest BCUT2D eigenvalue weighted by Gasteiger charge is -2.09. The molecular formula is C12H16N4O. The number of nitriles is 1. The second kappa shape index (κ2) is 5.60. The molecule has 1 aliphatic rings. The Bertz CT molecular complexity index is 421. The van der Waals surface area contributed by atoms with E-state index in [1.165, 1.54) is 6.42 Å². The lowest BCUT2D eigenvalue weighted by Crippen LogP contribution is -2.12. The van der Waals surface area contributed by atoms with E-state index in [0.29, 0.717) is 24.2 Å². The van der Waals surface area contributed by atoms with Gasteiger partial charge in [0.05, 0.1) is 6.61 Å². The lowest BCUT2D eigenvalue weighted by atomic mass is 10.1. The first-order valence-corrected chi connectivity index (χ1v) is 5.87. The molecule has 0 amide bonds. The third-order valence-corrected chi connectivity index (χ3v) is 2.87. The molecule has 1 atom stereocenters. The molecule has 0 aromatic carbocycles. The van der Waals surface area contributed by atoms with E-state index in [1.54, 1.807) is 6.07 Å². The number of aromatic nitrogens is 2. The molecule has 0 aliphatic carbocycles. The summed E-state index contributed by atoms with van der Waals surface area (Å²) < 4.78 is 5.49. The van der Waals surface area contributed by atoms with Crippen LogP contribution in [0.25, 0.3) is 0 Å². The topological polar surface area (TPSA) is 70.8 Å².